The molecule has 1 aliphatic heterocycles. The van der Waals surface area contributed by atoms with Crippen molar-refractivity contribution in [2.75, 3.05) is 19.8 Å². The van der Waals surface area contributed by atoms with Crippen LogP contribution in [-0.4, -0.2) is 37.2 Å². The zero-order chi connectivity index (χ0) is 19.6. The third kappa shape index (κ3) is 6.40. The molecule has 1 saturated heterocycles. The number of benzene rings is 2. The van der Waals surface area contributed by atoms with E-state index >= 15 is 0 Å². The van der Waals surface area contributed by atoms with Crippen LogP contribution in [0.4, 0.5) is 0 Å². The fourth-order valence-corrected chi connectivity index (χ4v) is 2.74. The zero-order valence-corrected chi connectivity index (χ0v) is 15.6. The third-order valence-electron chi connectivity index (χ3n) is 4.16. The van der Waals surface area contributed by atoms with Crippen molar-refractivity contribution in [1.82, 2.24) is 0 Å². The van der Waals surface area contributed by atoms with Crippen molar-refractivity contribution in [3.05, 3.63) is 66.2 Å². The largest absolute Gasteiger partial charge is 0.507 e. The fraction of sp³-hybridized carbons (Fsp3) is 0.318. The Labute approximate surface area is 164 Å². The monoisotopic (exact) mass is 384 g/mol. The first-order valence-electron chi connectivity index (χ1n) is 9.35. The highest BCUT2D eigenvalue weighted by Gasteiger charge is 2.13. The van der Waals surface area contributed by atoms with E-state index in [9.17, 15) is 9.90 Å². The van der Waals surface area contributed by atoms with E-state index in [1.165, 1.54) is 0 Å². The van der Waals surface area contributed by atoms with E-state index in [0.29, 0.717) is 30.3 Å². The maximum absolute atomic E-state index is 11.9. The summed E-state index contributed by atoms with van der Waals surface area (Å²) in [6, 6.07) is 15.5. The van der Waals surface area contributed by atoms with Gasteiger partial charge >= 0.3 is 5.97 Å². The first-order valence-corrected chi connectivity index (χ1v) is 9.35. The number of esters is 1. The molecule has 148 valence electrons. The maximum atomic E-state index is 11.9. The molecule has 0 aliphatic carbocycles. The summed E-state index contributed by atoms with van der Waals surface area (Å²) in [6.45, 7) is 1.61. The lowest BCUT2D eigenvalue weighted by molar-refractivity contribution is -0.165. The van der Waals surface area contributed by atoms with Gasteiger partial charge in [0.25, 0.3) is 0 Å². The second-order valence-corrected chi connectivity index (χ2v) is 6.30. The molecule has 0 spiro atoms. The Morgan fingerprint density at radius 1 is 1.04 bits per heavy atom. The summed E-state index contributed by atoms with van der Waals surface area (Å²) >= 11 is 0. The Balaban J connectivity index is 1.41. The Hall–Kier alpha value is -2.83. The van der Waals surface area contributed by atoms with Gasteiger partial charge in [-0.15, -0.1) is 0 Å². The molecule has 1 atom stereocenters. The van der Waals surface area contributed by atoms with E-state index in [2.05, 4.69) is 0 Å². The molecule has 28 heavy (non-hydrogen) atoms. The molecule has 6 nitrogen and oxygen atoms in total. The van der Waals surface area contributed by atoms with Crippen LogP contribution in [0.1, 0.15) is 24.8 Å². The number of carbonyl (C=O) groups excluding carboxylic acids is 1. The minimum Gasteiger partial charge on any atom is -0.507 e. The highest BCUT2D eigenvalue weighted by molar-refractivity contribution is 5.90. The lowest BCUT2D eigenvalue weighted by Crippen LogP contribution is -2.24. The molecule has 0 amide bonds. The van der Waals surface area contributed by atoms with Gasteiger partial charge in [0.05, 0.1) is 12.7 Å². The Bertz CT molecular complexity index is 763. The van der Waals surface area contributed by atoms with Crippen LogP contribution >= 0.6 is 0 Å². The van der Waals surface area contributed by atoms with Gasteiger partial charge in [0.1, 0.15) is 23.9 Å². The van der Waals surface area contributed by atoms with E-state index in [1.54, 1.807) is 48.5 Å². The van der Waals surface area contributed by atoms with E-state index in [1.807, 2.05) is 6.07 Å². The van der Waals surface area contributed by atoms with E-state index < -0.39 is 5.97 Å². The molecule has 6 heteroatoms. The number of ether oxygens (including phenoxy) is 4. The summed E-state index contributed by atoms with van der Waals surface area (Å²) in [6.07, 6.45) is 4.07. The van der Waals surface area contributed by atoms with E-state index in [-0.39, 0.29) is 12.0 Å². The van der Waals surface area contributed by atoms with Crippen molar-refractivity contribution in [2.24, 2.45) is 0 Å². The van der Waals surface area contributed by atoms with Gasteiger partial charge in [-0.2, -0.15) is 0 Å². The SMILES string of the molecule is O=C(/C=C(\O)c1ccccc1)Oc1ccc(OCCOC2CCCCO2)cc1. The van der Waals surface area contributed by atoms with Crippen molar-refractivity contribution in [2.45, 2.75) is 25.6 Å². The molecule has 1 N–H and O–H groups in total. The predicted molar refractivity (Wildman–Crippen MR) is 104 cm³/mol. The average molecular weight is 384 g/mol. The first kappa shape index (κ1) is 19.9. The predicted octanol–water partition coefficient (Wildman–Crippen LogP) is 4.11. The Morgan fingerprint density at radius 2 is 1.79 bits per heavy atom. The van der Waals surface area contributed by atoms with Crippen LogP contribution in [-0.2, 0) is 14.3 Å². The summed E-state index contributed by atoms with van der Waals surface area (Å²) < 4.78 is 21.9. The normalized spacial score (nSPS) is 17.1. The number of hydrogen-bond acceptors (Lipinski definition) is 6. The van der Waals surface area contributed by atoms with Crippen molar-refractivity contribution in [3.63, 3.8) is 0 Å². The first-order chi connectivity index (χ1) is 13.7. The summed E-state index contributed by atoms with van der Waals surface area (Å²) in [7, 11) is 0. The summed E-state index contributed by atoms with van der Waals surface area (Å²) in [5.41, 5.74) is 0.545. The lowest BCUT2D eigenvalue weighted by atomic mass is 10.2. The molecule has 0 bridgehead atoms. The van der Waals surface area contributed by atoms with Gasteiger partial charge in [0, 0.05) is 12.2 Å². The van der Waals surface area contributed by atoms with Gasteiger partial charge in [0.15, 0.2) is 6.29 Å². The van der Waals surface area contributed by atoms with E-state index in [4.69, 9.17) is 18.9 Å². The summed E-state index contributed by atoms with van der Waals surface area (Å²) in [5, 5.41) is 9.95. The molecular weight excluding hydrogens is 360 g/mol. The number of hydrogen-bond donors (Lipinski definition) is 1. The minimum absolute atomic E-state index is 0.125. The van der Waals surface area contributed by atoms with Gasteiger partial charge in [-0.3, -0.25) is 0 Å². The fourth-order valence-electron chi connectivity index (χ4n) is 2.74. The molecule has 0 radical (unpaired) electrons. The van der Waals surface area contributed by atoms with Gasteiger partial charge < -0.3 is 24.1 Å². The second kappa shape index (κ2) is 10.5. The maximum Gasteiger partial charge on any atom is 0.339 e. The Kier molecular flexibility index (Phi) is 7.46. The van der Waals surface area contributed by atoms with Crippen LogP contribution in [0.15, 0.2) is 60.7 Å². The van der Waals surface area contributed by atoms with Gasteiger partial charge in [0.2, 0.25) is 0 Å². The standard InChI is InChI=1S/C22H24O6/c23-20(17-6-2-1-3-7-17)16-21(24)28-19-11-9-18(10-12-19)25-14-15-27-22-8-4-5-13-26-22/h1-3,6-7,9-12,16,22-23H,4-5,8,13-15H2/b20-16-. The van der Waals surface area contributed by atoms with Crippen molar-refractivity contribution in [1.29, 1.82) is 0 Å². The smallest absolute Gasteiger partial charge is 0.339 e. The third-order valence-corrected chi connectivity index (χ3v) is 4.16. The van der Waals surface area contributed by atoms with Crippen LogP contribution in [0.2, 0.25) is 0 Å². The Morgan fingerprint density at radius 3 is 2.50 bits per heavy atom. The van der Waals surface area contributed by atoms with Crippen molar-refractivity contribution in [3.8, 4) is 11.5 Å². The van der Waals surface area contributed by atoms with Crippen LogP contribution in [0.3, 0.4) is 0 Å². The average Bonchev–Trinajstić information content (AvgIpc) is 2.73. The number of aliphatic hydroxyl groups excluding tert-OH is 1. The second-order valence-electron chi connectivity index (χ2n) is 6.30. The van der Waals surface area contributed by atoms with Crippen LogP contribution in [0, 0.1) is 0 Å². The van der Waals surface area contributed by atoms with Crippen LogP contribution in [0.25, 0.3) is 5.76 Å². The van der Waals surface area contributed by atoms with Crippen molar-refractivity contribution < 1.29 is 28.8 Å². The molecule has 0 saturated carbocycles. The van der Waals surface area contributed by atoms with Crippen LogP contribution < -0.4 is 9.47 Å². The molecule has 2 aromatic carbocycles. The van der Waals surface area contributed by atoms with E-state index in [0.717, 1.165) is 31.9 Å². The molecule has 1 unspecified atom stereocenters. The van der Waals surface area contributed by atoms with Gasteiger partial charge in [-0.25, -0.2) is 4.79 Å². The minimum atomic E-state index is -0.657. The molecule has 3 rings (SSSR count). The molecular formula is C22H24O6. The molecule has 1 heterocycles. The highest BCUT2D eigenvalue weighted by atomic mass is 16.7. The zero-order valence-electron chi connectivity index (χ0n) is 15.6. The molecule has 2 aromatic rings. The summed E-state index contributed by atoms with van der Waals surface area (Å²) in [5.74, 6) is 0.209. The van der Waals surface area contributed by atoms with Crippen LogP contribution in [0.5, 0.6) is 11.5 Å². The molecule has 1 fully saturated rings. The topological polar surface area (TPSA) is 74.2 Å². The van der Waals surface area contributed by atoms with Gasteiger partial charge in [-0.1, -0.05) is 30.3 Å². The highest BCUT2D eigenvalue weighted by Crippen LogP contribution is 2.19. The number of carbonyl (C=O) groups is 1. The summed E-state index contributed by atoms with van der Waals surface area (Å²) in [4.78, 5) is 11.9. The van der Waals surface area contributed by atoms with Crippen molar-refractivity contribution >= 4 is 11.7 Å². The number of aliphatic hydroxyl groups is 1. The quantitative estimate of drug-likeness (QED) is 0.243. The molecule has 0 aromatic heterocycles. The molecule has 1 aliphatic rings. The van der Waals surface area contributed by atoms with Gasteiger partial charge in [-0.05, 0) is 43.5 Å². The lowest BCUT2D eigenvalue weighted by Gasteiger charge is -2.22. The number of rotatable bonds is 8.